The average molecular weight is 470 g/mol. The predicted octanol–water partition coefficient (Wildman–Crippen LogP) is 4.00. The van der Waals surface area contributed by atoms with Gasteiger partial charge in [0, 0.05) is 23.5 Å². The van der Waals surface area contributed by atoms with Gasteiger partial charge in [0.05, 0.1) is 24.7 Å². The highest BCUT2D eigenvalue weighted by Gasteiger charge is 2.21. The van der Waals surface area contributed by atoms with Crippen LogP contribution in [0, 0.1) is 11.8 Å². The molecule has 2 aromatic carbocycles. The van der Waals surface area contributed by atoms with Crippen LogP contribution in [0.2, 0.25) is 0 Å². The van der Waals surface area contributed by atoms with Crippen LogP contribution in [0.1, 0.15) is 37.5 Å². The molecule has 0 saturated heterocycles. The number of imidazole rings is 1. The molecule has 0 aliphatic rings. The zero-order valence-corrected chi connectivity index (χ0v) is 20.2. The van der Waals surface area contributed by atoms with Crippen molar-refractivity contribution in [3.8, 4) is 17.6 Å². The van der Waals surface area contributed by atoms with Crippen molar-refractivity contribution in [1.29, 1.82) is 0 Å². The minimum absolute atomic E-state index is 0.178. The molecule has 7 heteroatoms. The normalized spacial score (nSPS) is 11.1. The molecule has 4 aromatic rings. The van der Waals surface area contributed by atoms with Crippen LogP contribution in [0.15, 0.2) is 71.8 Å². The van der Waals surface area contributed by atoms with Gasteiger partial charge in [0.25, 0.3) is 0 Å². The van der Waals surface area contributed by atoms with Gasteiger partial charge in [-0.2, -0.15) is 0 Å². The van der Waals surface area contributed by atoms with Gasteiger partial charge in [-0.15, -0.1) is 0 Å². The number of rotatable bonds is 5. The molecule has 0 aliphatic heterocycles. The van der Waals surface area contributed by atoms with Crippen LogP contribution >= 0.6 is 0 Å². The van der Waals surface area contributed by atoms with Gasteiger partial charge in [-0.1, -0.05) is 24.0 Å². The van der Waals surface area contributed by atoms with Crippen molar-refractivity contribution >= 4 is 17.0 Å². The van der Waals surface area contributed by atoms with Gasteiger partial charge in [0.2, 0.25) is 0 Å². The Kier molecular flexibility index (Phi) is 6.74. The summed E-state index contributed by atoms with van der Waals surface area (Å²) in [4.78, 5) is 30.1. The zero-order valence-electron chi connectivity index (χ0n) is 20.2. The molecule has 35 heavy (non-hydrogen) atoms. The number of hydrogen-bond donors (Lipinski definition) is 0. The summed E-state index contributed by atoms with van der Waals surface area (Å²) in [6, 6.07) is 16.8. The van der Waals surface area contributed by atoms with Crippen LogP contribution in [0.4, 0.5) is 0 Å². The highest BCUT2D eigenvalue weighted by molar-refractivity contribution is 5.80. The van der Waals surface area contributed by atoms with E-state index in [0.29, 0.717) is 17.6 Å². The molecule has 0 spiro atoms. The standard InChI is InChI=1S/C28H27N3O4/c1-28(2,3)35-26(32)19-31-24-14-11-20(7-8-21-6-5-15-29-17-21)16-25(24)30(27(31)33)18-22-9-12-23(34-4)13-10-22/h5-6,9-17H,18-19H2,1-4H3. The van der Waals surface area contributed by atoms with E-state index in [-0.39, 0.29) is 12.2 Å². The summed E-state index contributed by atoms with van der Waals surface area (Å²) >= 11 is 0. The summed E-state index contributed by atoms with van der Waals surface area (Å²) in [5.74, 6) is 6.50. The Labute approximate surface area is 203 Å². The van der Waals surface area contributed by atoms with Crippen LogP contribution in [-0.2, 0) is 22.6 Å². The van der Waals surface area contributed by atoms with E-state index in [4.69, 9.17) is 9.47 Å². The molecule has 7 nitrogen and oxygen atoms in total. The number of benzene rings is 2. The van der Waals surface area contributed by atoms with E-state index in [1.165, 1.54) is 4.57 Å². The fourth-order valence-corrected chi connectivity index (χ4v) is 3.70. The maximum atomic E-state index is 13.5. The van der Waals surface area contributed by atoms with Crippen molar-refractivity contribution in [3.63, 3.8) is 0 Å². The molecule has 0 bridgehead atoms. The fraction of sp³-hybridized carbons (Fsp3) is 0.250. The molecule has 0 fully saturated rings. The summed E-state index contributed by atoms with van der Waals surface area (Å²) in [6.07, 6.45) is 3.39. The lowest BCUT2D eigenvalue weighted by molar-refractivity contribution is -0.155. The minimum Gasteiger partial charge on any atom is -0.497 e. The van der Waals surface area contributed by atoms with Crippen molar-refractivity contribution < 1.29 is 14.3 Å². The van der Waals surface area contributed by atoms with Crippen LogP contribution in [0.3, 0.4) is 0 Å². The topological polar surface area (TPSA) is 75.3 Å². The van der Waals surface area contributed by atoms with Crippen LogP contribution in [0.5, 0.6) is 5.75 Å². The molecule has 178 valence electrons. The van der Waals surface area contributed by atoms with Crippen LogP contribution < -0.4 is 10.4 Å². The number of pyridine rings is 1. The lowest BCUT2D eigenvalue weighted by atomic mass is 10.1. The first-order valence-electron chi connectivity index (χ1n) is 11.2. The Morgan fingerprint density at radius 3 is 2.37 bits per heavy atom. The van der Waals surface area contributed by atoms with E-state index in [2.05, 4.69) is 16.8 Å². The lowest BCUT2D eigenvalue weighted by Crippen LogP contribution is -2.31. The number of fused-ring (bicyclic) bond motifs is 1. The summed E-state index contributed by atoms with van der Waals surface area (Å²) in [5.41, 5.74) is 2.87. The van der Waals surface area contributed by atoms with E-state index in [9.17, 15) is 9.59 Å². The molecule has 0 amide bonds. The van der Waals surface area contributed by atoms with Gasteiger partial charge in [0.15, 0.2) is 0 Å². The zero-order chi connectivity index (χ0) is 25.0. The number of methoxy groups -OCH3 is 1. The lowest BCUT2D eigenvalue weighted by Gasteiger charge is -2.19. The Bertz CT molecular complexity index is 1460. The Morgan fingerprint density at radius 1 is 0.971 bits per heavy atom. The largest absolute Gasteiger partial charge is 0.497 e. The molecule has 0 atom stereocenters. The second kappa shape index (κ2) is 9.90. The number of hydrogen-bond acceptors (Lipinski definition) is 5. The maximum Gasteiger partial charge on any atom is 0.329 e. The van der Waals surface area contributed by atoms with E-state index in [1.54, 1.807) is 44.8 Å². The van der Waals surface area contributed by atoms with Crippen molar-refractivity contribution in [2.75, 3.05) is 7.11 Å². The first kappa shape index (κ1) is 23.8. The van der Waals surface area contributed by atoms with E-state index in [1.807, 2.05) is 54.6 Å². The average Bonchev–Trinajstić information content (AvgIpc) is 3.08. The SMILES string of the molecule is COc1ccc(Cn2c(=O)n(CC(=O)OC(C)(C)C)c3ccc(C#Cc4cccnc4)cc32)cc1. The van der Waals surface area contributed by atoms with E-state index < -0.39 is 11.6 Å². The predicted molar refractivity (Wildman–Crippen MR) is 134 cm³/mol. The number of nitrogens with zero attached hydrogens (tertiary/aromatic N) is 3. The van der Waals surface area contributed by atoms with Gasteiger partial charge < -0.3 is 9.47 Å². The summed E-state index contributed by atoms with van der Waals surface area (Å²) in [5, 5.41) is 0. The minimum atomic E-state index is -0.642. The van der Waals surface area contributed by atoms with Gasteiger partial charge in [0.1, 0.15) is 17.9 Å². The first-order chi connectivity index (χ1) is 16.7. The quantitative estimate of drug-likeness (QED) is 0.326. The van der Waals surface area contributed by atoms with E-state index >= 15 is 0 Å². The number of esters is 1. The molecular weight excluding hydrogens is 442 g/mol. The molecule has 2 heterocycles. The molecular formula is C28H27N3O4. The second-order valence-electron chi connectivity index (χ2n) is 9.08. The third kappa shape index (κ3) is 5.79. The number of carbonyl (C=O) groups excluding carboxylic acids is 1. The van der Waals surface area contributed by atoms with Crippen molar-refractivity contribution in [2.24, 2.45) is 0 Å². The van der Waals surface area contributed by atoms with Crippen LogP contribution in [-0.4, -0.2) is 32.8 Å². The molecule has 0 N–H and O–H groups in total. The monoisotopic (exact) mass is 469 g/mol. The van der Waals surface area contributed by atoms with Gasteiger partial charge in [-0.3, -0.25) is 18.9 Å². The molecule has 0 saturated carbocycles. The molecule has 0 aliphatic carbocycles. The number of aromatic nitrogens is 3. The Morgan fingerprint density at radius 2 is 1.71 bits per heavy atom. The van der Waals surface area contributed by atoms with Crippen molar-refractivity contribution in [2.45, 2.75) is 39.5 Å². The van der Waals surface area contributed by atoms with Crippen LogP contribution in [0.25, 0.3) is 11.0 Å². The smallest absolute Gasteiger partial charge is 0.329 e. The Hall–Kier alpha value is -4.31. The van der Waals surface area contributed by atoms with Gasteiger partial charge in [-0.25, -0.2) is 4.79 Å². The number of ether oxygens (including phenoxy) is 2. The Balaban J connectivity index is 1.77. The van der Waals surface area contributed by atoms with Gasteiger partial charge >= 0.3 is 11.7 Å². The maximum absolute atomic E-state index is 13.5. The number of carbonyl (C=O) groups is 1. The molecule has 2 aromatic heterocycles. The summed E-state index contributed by atoms with van der Waals surface area (Å²) < 4.78 is 13.8. The fourth-order valence-electron chi connectivity index (χ4n) is 3.70. The molecule has 0 radical (unpaired) electrons. The molecule has 0 unspecified atom stereocenters. The van der Waals surface area contributed by atoms with E-state index in [0.717, 1.165) is 22.4 Å². The highest BCUT2D eigenvalue weighted by atomic mass is 16.6. The third-order valence-electron chi connectivity index (χ3n) is 5.24. The highest BCUT2D eigenvalue weighted by Crippen LogP contribution is 2.19. The van der Waals surface area contributed by atoms with Gasteiger partial charge in [-0.05, 0) is 68.8 Å². The summed E-state index contributed by atoms with van der Waals surface area (Å²) in [6.45, 7) is 5.55. The third-order valence-corrected chi connectivity index (χ3v) is 5.24. The van der Waals surface area contributed by atoms with Crippen molar-refractivity contribution in [3.05, 3.63) is 94.2 Å². The summed E-state index contributed by atoms with van der Waals surface area (Å²) in [7, 11) is 1.61. The second-order valence-corrected chi connectivity index (χ2v) is 9.08. The molecule has 4 rings (SSSR count). The first-order valence-corrected chi connectivity index (χ1v) is 11.2. The van der Waals surface area contributed by atoms with Crippen molar-refractivity contribution in [1.82, 2.24) is 14.1 Å².